The van der Waals surface area contributed by atoms with Crippen molar-refractivity contribution in [3.05, 3.63) is 11.6 Å². The highest BCUT2D eigenvalue weighted by Gasteiger charge is 2.75. The molecule has 0 N–H and O–H groups in total. The Morgan fingerprint density at radius 2 is 2.15 bits per heavy atom. The van der Waals surface area contributed by atoms with Crippen molar-refractivity contribution < 1.29 is 19.0 Å². The predicted molar refractivity (Wildman–Crippen MR) is 72.1 cm³/mol. The van der Waals surface area contributed by atoms with Crippen LogP contribution in [-0.4, -0.2) is 36.0 Å². The molecule has 0 amide bonds. The Morgan fingerprint density at radius 1 is 1.40 bits per heavy atom. The molecule has 6 atom stereocenters. The molecule has 110 valence electrons. The van der Waals surface area contributed by atoms with Crippen molar-refractivity contribution >= 4 is 5.97 Å². The van der Waals surface area contributed by atoms with Gasteiger partial charge in [0.25, 0.3) is 0 Å². The minimum atomic E-state index is -0.520. The van der Waals surface area contributed by atoms with Gasteiger partial charge in [0.15, 0.2) is 0 Å². The highest BCUT2D eigenvalue weighted by Crippen LogP contribution is 2.66. The molecule has 0 bridgehead atoms. The zero-order valence-electron chi connectivity index (χ0n) is 12.6. The molecule has 2 saturated carbocycles. The number of rotatable bonds is 1. The van der Waals surface area contributed by atoms with Crippen LogP contribution in [0.25, 0.3) is 0 Å². The summed E-state index contributed by atoms with van der Waals surface area (Å²) in [6.45, 7) is 6.20. The maximum absolute atomic E-state index is 12.0. The summed E-state index contributed by atoms with van der Waals surface area (Å²) in [5.74, 6) is 0.407. The van der Waals surface area contributed by atoms with E-state index in [2.05, 4.69) is 13.8 Å². The lowest BCUT2D eigenvalue weighted by Crippen LogP contribution is -2.56. The van der Waals surface area contributed by atoms with E-state index in [0.29, 0.717) is 5.92 Å². The predicted octanol–water partition coefficient (Wildman–Crippen LogP) is 2.22. The second-order valence-electron chi connectivity index (χ2n) is 7.31. The van der Waals surface area contributed by atoms with Crippen LogP contribution in [0.4, 0.5) is 0 Å². The molecule has 2 aliphatic heterocycles. The van der Waals surface area contributed by atoms with Gasteiger partial charge in [0.1, 0.15) is 5.60 Å². The number of hydrogen-bond donors (Lipinski definition) is 0. The summed E-state index contributed by atoms with van der Waals surface area (Å²) in [6, 6.07) is 0. The van der Waals surface area contributed by atoms with E-state index in [0.717, 1.165) is 24.8 Å². The first-order valence-corrected chi connectivity index (χ1v) is 7.50. The first-order valence-electron chi connectivity index (χ1n) is 7.50. The second-order valence-corrected chi connectivity index (χ2v) is 7.31. The Hall–Kier alpha value is -0.870. The molecule has 4 aliphatic rings. The first-order chi connectivity index (χ1) is 9.35. The summed E-state index contributed by atoms with van der Waals surface area (Å²) in [4.78, 5) is 12.0. The Balaban J connectivity index is 1.82. The highest BCUT2D eigenvalue weighted by atomic mass is 16.6. The smallest absolute Gasteiger partial charge is 0.334 e. The molecule has 3 fully saturated rings. The quantitative estimate of drug-likeness (QED) is 0.545. The van der Waals surface area contributed by atoms with Crippen LogP contribution in [0.3, 0.4) is 0 Å². The summed E-state index contributed by atoms with van der Waals surface area (Å²) in [5, 5.41) is 0. The number of ether oxygens (including phenoxy) is 3. The van der Waals surface area contributed by atoms with Crippen LogP contribution < -0.4 is 0 Å². The van der Waals surface area contributed by atoms with Gasteiger partial charge in [-0.05, 0) is 39.7 Å². The summed E-state index contributed by atoms with van der Waals surface area (Å²) in [7, 11) is 1.77. The van der Waals surface area contributed by atoms with Gasteiger partial charge < -0.3 is 14.2 Å². The van der Waals surface area contributed by atoms with E-state index in [1.807, 2.05) is 13.0 Å². The topological polar surface area (TPSA) is 48.1 Å². The van der Waals surface area contributed by atoms with Crippen LogP contribution in [0.5, 0.6) is 0 Å². The van der Waals surface area contributed by atoms with Gasteiger partial charge in [0.2, 0.25) is 0 Å². The maximum Gasteiger partial charge on any atom is 0.334 e. The summed E-state index contributed by atoms with van der Waals surface area (Å²) >= 11 is 0. The fourth-order valence-electron chi connectivity index (χ4n) is 5.12. The zero-order valence-corrected chi connectivity index (χ0v) is 12.6. The van der Waals surface area contributed by atoms with Gasteiger partial charge in [0.05, 0.1) is 17.3 Å². The minimum absolute atomic E-state index is 0.0387. The molecule has 4 nitrogen and oxygen atoms in total. The third kappa shape index (κ3) is 1.32. The number of esters is 1. The van der Waals surface area contributed by atoms with Gasteiger partial charge in [-0.15, -0.1) is 0 Å². The maximum atomic E-state index is 12.0. The zero-order chi connectivity index (χ0) is 14.3. The van der Waals surface area contributed by atoms with Crippen molar-refractivity contribution in [3.63, 3.8) is 0 Å². The first kappa shape index (κ1) is 12.8. The van der Waals surface area contributed by atoms with Crippen LogP contribution in [0.1, 0.15) is 40.0 Å². The lowest BCUT2D eigenvalue weighted by molar-refractivity contribution is -0.170. The van der Waals surface area contributed by atoms with Gasteiger partial charge in [0, 0.05) is 30.9 Å². The molecule has 0 radical (unpaired) electrons. The number of carbonyl (C=O) groups is 1. The van der Waals surface area contributed by atoms with Gasteiger partial charge in [-0.1, -0.05) is 0 Å². The van der Waals surface area contributed by atoms with Crippen LogP contribution in [-0.2, 0) is 19.0 Å². The van der Waals surface area contributed by atoms with Gasteiger partial charge in [-0.3, -0.25) is 0 Å². The third-order valence-electron chi connectivity index (χ3n) is 6.29. The third-order valence-corrected chi connectivity index (χ3v) is 6.29. The van der Waals surface area contributed by atoms with Crippen LogP contribution in [0.2, 0.25) is 0 Å². The van der Waals surface area contributed by atoms with Crippen molar-refractivity contribution in [1.29, 1.82) is 0 Å². The molecule has 1 spiro atoms. The standard InChI is InChI=1S/C16H22O4/c1-9-7-16(20-13(9)17)8-11-15(3,19-11)10-5-6-14(2,18-4)12(10)16/h7,10-12H,5-6,8H2,1-4H3. The van der Waals surface area contributed by atoms with E-state index >= 15 is 0 Å². The van der Waals surface area contributed by atoms with Crippen LogP contribution in [0.15, 0.2) is 11.6 Å². The number of epoxide rings is 1. The molecule has 0 aromatic heterocycles. The van der Waals surface area contributed by atoms with Gasteiger partial charge >= 0.3 is 5.97 Å². The molecule has 4 heteroatoms. The van der Waals surface area contributed by atoms with Crippen molar-refractivity contribution in [2.75, 3.05) is 7.11 Å². The summed E-state index contributed by atoms with van der Waals surface area (Å²) in [6.07, 6.45) is 5.10. The molecule has 0 aromatic rings. The Morgan fingerprint density at radius 3 is 2.75 bits per heavy atom. The molecular weight excluding hydrogens is 256 g/mol. The largest absolute Gasteiger partial charge is 0.451 e. The number of hydrogen-bond acceptors (Lipinski definition) is 4. The lowest BCUT2D eigenvalue weighted by atomic mass is 9.62. The molecule has 2 heterocycles. The SMILES string of the molecule is COC1(C)CCC2C1C1(C=C(C)C(=O)O1)CC1OC12C. The number of carbonyl (C=O) groups excluding carboxylic acids is 1. The number of methoxy groups -OCH3 is 1. The second kappa shape index (κ2) is 3.47. The molecule has 0 aromatic carbocycles. The Labute approximate surface area is 119 Å². The Kier molecular flexibility index (Phi) is 2.23. The molecule has 4 rings (SSSR count). The molecule has 2 aliphatic carbocycles. The average Bonchev–Trinajstić information content (AvgIpc) is 2.76. The minimum Gasteiger partial charge on any atom is -0.451 e. The van der Waals surface area contributed by atoms with E-state index < -0.39 is 5.60 Å². The van der Waals surface area contributed by atoms with E-state index in [1.165, 1.54) is 0 Å². The van der Waals surface area contributed by atoms with Crippen molar-refractivity contribution in [1.82, 2.24) is 0 Å². The lowest BCUT2D eigenvalue weighted by Gasteiger charge is -2.47. The van der Waals surface area contributed by atoms with Crippen LogP contribution >= 0.6 is 0 Å². The van der Waals surface area contributed by atoms with E-state index in [4.69, 9.17) is 14.2 Å². The van der Waals surface area contributed by atoms with Gasteiger partial charge in [-0.25, -0.2) is 4.79 Å². The van der Waals surface area contributed by atoms with Gasteiger partial charge in [-0.2, -0.15) is 0 Å². The van der Waals surface area contributed by atoms with E-state index in [1.54, 1.807) is 7.11 Å². The monoisotopic (exact) mass is 278 g/mol. The normalized spacial score (nSPS) is 56.3. The average molecular weight is 278 g/mol. The van der Waals surface area contributed by atoms with E-state index in [-0.39, 0.29) is 29.2 Å². The molecule has 1 saturated heterocycles. The fourth-order valence-corrected chi connectivity index (χ4v) is 5.12. The summed E-state index contributed by atoms with van der Waals surface area (Å²) in [5.41, 5.74) is -0.0822. The van der Waals surface area contributed by atoms with Crippen LogP contribution in [0, 0.1) is 11.8 Å². The highest BCUT2D eigenvalue weighted by molar-refractivity contribution is 5.91. The number of fused-ring (bicyclic) bond motifs is 4. The van der Waals surface area contributed by atoms with Crippen molar-refractivity contribution in [3.8, 4) is 0 Å². The van der Waals surface area contributed by atoms with Crippen molar-refractivity contribution in [2.24, 2.45) is 11.8 Å². The Bertz CT molecular complexity index is 527. The van der Waals surface area contributed by atoms with E-state index in [9.17, 15) is 4.79 Å². The summed E-state index contributed by atoms with van der Waals surface area (Å²) < 4.78 is 17.7. The molecule has 20 heavy (non-hydrogen) atoms. The fraction of sp³-hybridized carbons (Fsp3) is 0.812. The van der Waals surface area contributed by atoms with Crippen molar-refractivity contribution in [2.45, 2.75) is 62.9 Å². The molecule has 6 unspecified atom stereocenters. The molecular formula is C16H22O4.